The summed E-state index contributed by atoms with van der Waals surface area (Å²) in [5.74, 6) is -0.815. The number of hydrogen-bond donors (Lipinski definition) is 1. The molecule has 0 radical (unpaired) electrons. The first-order valence-corrected chi connectivity index (χ1v) is 8.06. The largest absolute Gasteiger partial charge is 0.383 e. The van der Waals surface area contributed by atoms with Gasteiger partial charge in [-0.25, -0.2) is 9.07 Å². The van der Waals surface area contributed by atoms with Gasteiger partial charge in [0.15, 0.2) is 0 Å². The van der Waals surface area contributed by atoms with Gasteiger partial charge in [0.25, 0.3) is 5.91 Å². The predicted molar refractivity (Wildman–Crippen MR) is 95.2 cm³/mol. The van der Waals surface area contributed by atoms with Gasteiger partial charge in [-0.15, -0.1) is 0 Å². The van der Waals surface area contributed by atoms with Crippen molar-refractivity contribution in [2.75, 3.05) is 20.3 Å². The van der Waals surface area contributed by atoms with E-state index in [9.17, 15) is 14.0 Å². The number of nitrogens with zero attached hydrogens (tertiary/aromatic N) is 3. The monoisotopic (exact) mass is 358 g/mol. The second-order valence-electron chi connectivity index (χ2n) is 5.90. The molecule has 1 amide bonds. The molecule has 0 saturated heterocycles. The van der Waals surface area contributed by atoms with Crippen LogP contribution in [0.1, 0.15) is 16.1 Å². The minimum atomic E-state index is -0.460. The molecule has 0 aliphatic carbocycles. The van der Waals surface area contributed by atoms with Crippen molar-refractivity contribution in [3.63, 3.8) is 0 Å². The predicted octanol–water partition coefficient (Wildman–Crippen LogP) is 1.55. The van der Waals surface area contributed by atoms with Gasteiger partial charge in [0, 0.05) is 26.9 Å². The number of rotatable bonds is 5. The summed E-state index contributed by atoms with van der Waals surface area (Å²) in [6, 6.07) is 5.82. The molecule has 0 aliphatic rings. The van der Waals surface area contributed by atoms with Gasteiger partial charge >= 0.3 is 0 Å². The second-order valence-corrected chi connectivity index (χ2v) is 5.90. The molecule has 1 N–H and O–H groups in total. The number of amides is 1. The molecule has 0 atom stereocenters. The lowest BCUT2D eigenvalue weighted by Crippen LogP contribution is -2.32. The number of halogens is 1. The van der Waals surface area contributed by atoms with E-state index in [1.165, 1.54) is 25.4 Å². The van der Waals surface area contributed by atoms with Gasteiger partial charge in [-0.05, 0) is 31.2 Å². The Morgan fingerprint density at radius 2 is 2.00 bits per heavy atom. The van der Waals surface area contributed by atoms with E-state index in [0.717, 1.165) is 0 Å². The quantitative estimate of drug-likeness (QED) is 0.702. The number of methoxy groups -OCH3 is 1. The van der Waals surface area contributed by atoms with E-state index in [1.54, 1.807) is 35.4 Å². The summed E-state index contributed by atoms with van der Waals surface area (Å²) in [6.07, 6.45) is 1.48. The van der Waals surface area contributed by atoms with Crippen molar-refractivity contribution in [1.82, 2.24) is 19.7 Å². The lowest BCUT2D eigenvalue weighted by Gasteiger charge is -2.10. The van der Waals surface area contributed by atoms with E-state index in [4.69, 9.17) is 4.74 Å². The highest BCUT2D eigenvalue weighted by molar-refractivity contribution is 5.97. The highest BCUT2D eigenvalue weighted by Gasteiger charge is 2.20. The SMILES string of the molecule is COCCNC(=O)c1cn(C)c2c(c(C)nn2-c2ccc(F)cc2)c1=O. The maximum atomic E-state index is 13.2. The van der Waals surface area contributed by atoms with Gasteiger partial charge in [-0.2, -0.15) is 5.10 Å². The number of aromatic nitrogens is 3. The third-order valence-corrected chi connectivity index (χ3v) is 4.07. The Balaban J connectivity index is 2.14. The summed E-state index contributed by atoms with van der Waals surface area (Å²) in [4.78, 5) is 25.2. The maximum absolute atomic E-state index is 13.2. The smallest absolute Gasteiger partial charge is 0.256 e. The fraction of sp³-hybridized carbons (Fsp3) is 0.278. The van der Waals surface area contributed by atoms with Crippen molar-refractivity contribution < 1.29 is 13.9 Å². The molecule has 2 heterocycles. The number of ether oxygens (including phenoxy) is 1. The van der Waals surface area contributed by atoms with Crippen LogP contribution < -0.4 is 10.7 Å². The first kappa shape index (κ1) is 17.8. The van der Waals surface area contributed by atoms with E-state index in [-0.39, 0.29) is 16.8 Å². The minimum absolute atomic E-state index is 0.0397. The zero-order chi connectivity index (χ0) is 18.8. The molecule has 3 aromatic rings. The third kappa shape index (κ3) is 3.11. The van der Waals surface area contributed by atoms with Gasteiger partial charge < -0.3 is 14.6 Å². The zero-order valence-corrected chi connectivity index (χ0v) is 14.7. The molecule has 0 unspecified atom stereocenters. The molecule has 8 heteroatoms. The molecule has 0 spiro atoms. The number of aryl methyl sites for hydroxylation is 2. The van der Waals surface area contributed by atoms with Gasteiger partial charge in [-0.3, -0.25) is 9.59 Å². The number of pyridine rings is 1. The Morgan fingerprint density at radius 3 is 2.65 bits per heavy atom. The molecule has 0 fully saturated rings. The Labute approximate surface area is 149 Å². The van der Waals surface area contributed by atoms with Crippen molar-refractivity contribution in [2.24, 2.45) is 7.05 Å². The average molecular weight is 358 g/mol. The van der Waals surface area contributed by atoms with Gasteiger partial charge in [0.05, 0.1) is 23.4 Å². The Morgan fingerprint density at radius 1 is 1.31 bits per heavy atom. The summed E-state index contributed by atoms with van der Waals surface area (Å²) in [5, 5.41) is 7.42. The normalized spacial score (nSPS) is 11.1. The standard InChI is InChI=1S/C18H19FN4O3/c1-11-15-16(24)14(17(25)20-8-9-26-3)10-22(2)18(15)23(21-11)13-6-4-12(19)5-7-13/h4-7,10H,8-9H2,1-3H3,(H,20,25). The van der Waals surface area contributed by atoms with Crippen LogP contribution in [0.3, 0.4) is 0 Å². The topological polar surface area (TPSA) is 78.2 Å². The highest BCUT2D eigenvalue weighted by atomic mass is 19.1. The van der Waals surface area contributed by atoms with E-state index in [1.807, 2.05) is 0 Å². The van der Waals surface area contributed by atoms with Crippen LogP contribution in [0.2, 0.25) is 0 Å². The molecular weight excluding hydrogens is 339 g/mol. The van der Waals surface area contributed by atoms with E-state index >= 15 is 0 Å². The summed E-state index contributed by atoms with van der Waals surface area (Å²) in [6.45, 7) is 2.37. The lowest BCUT2D eigenvalue weighted by atomic mass is 10.1. The average Bonchev–Trinajstić information content (AvgIpc) is 2.97. The summed E-state index contributed by atoms with van der Waals surface area (Å²) in [7, 11) is 3.26. The molecule has 2 aromatic heterocycles. The Kier molecular flexibility index (Phi) is 4.85. The van der Waals surface area contributed by atoms with Crippen LogP contribution in [0, 0.1) is 12.7 Å². The fourth-order valence-electron chi connectivity index (χ4n) is 2.84. The van der Waals surface area contributed by atoms with Crippen molar-refractivity contribution in [3.8, 4) is 5.69 Å². The highest BCUT2D eigenvalue weighted by Crippen LogP contribution is 2.20. The molecule has 136 valence electrons. The van der Waals surface area contributed by atoms with E-state index in [0.29, 0.717) is 35.6 Å². The third-order valence-electron chi connectivity index (χ3n) is 4.07. The van der Waals surface area contributed by atoms with Gasteiger partial charge in [-0.1, -0.05) is 0 Å². The molecule has 26 heavy (non-hydrogen) atoms. The number of fused-ring (bicyclic) bond motifs is 1. The molecule has 1 aromatic carbocycles. The molecular formula is C18H19FN4O3. The maximum Gasteiger partial charge on any atom is 0.256 e. The van der Waals surface area contributed by atoms with Crippen LogP contribution in [0.4, 0.5) is 4.39 Å². The van der Waals surface area contributed by atoms with Crippen molar-refractivity contribution >= 4 is 16.9 Å². The first-order valence-electron chi connectivity index (χ1n) is 8.06. The van der Waals surface area contributed by atoms with Gasteiger partial charge in [0.2, 0.25) is 5.43 Å². The molecule has 0 aliphatic heterocycles. The fourth-order valence-corrected chi connectivity index (χ4v) is 2.84. The molecule has 0 bridgehead atoms. The second kappa shape index (κ2) is 7.09. The van der Waals surface area contributed by atoms with Crippen LogP contribution in [-0.2, 0) is 11.8 Å². The number of hydrogen-bond acceptors (Lipinski definition) is 4. The van der Waals surface area contributed by atoms with Crippen LogP contribution in [0.5, 0.6) is 0 Å². The van der Waals surface area contributed by atoms with Gasteiger partial charge in [0.1, 0.15) is 17.0 Å². The first-order chi connectivity index (χ1) is 12.4. The van der Waals surface area contributed by atoms with Crippen molar-refractivity contribution in [1.29, 1.82) is 0 Å². The zero-order valence-electron chi connectivity index (χ0n) is 14.7. The molecule has 3 rings (SSSR count). The van der Waals surface area contributed by atoms with Crippen LogP contribution in [0.15, 0.2) is 35.3 Å². The summed E-state index contributed by atoms with van der Waals surface area (Å²) >= 11 is 0. The Hall–Kier alpha value is -3.00. The number of carbonyl (C=O) groups is 1. The van der Waals surface area contributed by atoms with Crippen molar-refractivity contribution in [2.45, 2.75) is 6.92 Å². The minimum Gasteiger partial charge on any atom is -0.383 e. The van der Waals surface area contributed by atoms with E-state index < -0.39 is 5.91 Å². The summed E-state index contributed by atoms with van der Waals surface area (Å²) < 4.78 is 21.3. The number of benzene rings is 1. The Bertz CT molecular complexity index is 1020. The number of carbonyl (C=O) groups excluding carboxylic acids is 1. The molecule has 0 saturated carbocycles. The summed E-state index contributed by atoms with van der Waals surface area (Å²) in [5.41, 5.74) is 1.30. The van der Waals surface area contributed by atoms with Crippen LogP contribution in [-0.4, -0.2) is 40.5 Å². The van der Waals surface area contributed by atoms with Crippen LogP contribution in [0.25, 0.3) is 16.7 Å². The number of nitrogens with one attached hydrogen (secondary N) is 1. The van der Waals surface area contributed by atoms with Crippen molar-refractivity contribution in [3.05, 3.63) is 57.8 Å². The lowest BCUT2D eigenvalue weighted by molar-refractivity contribution is 0.0935. The van der Waals surface area contributed by atoms with E-state index in [2.05, 4.69) is 10.4 Å². The van der Waals surface area contributed by atoms with Crippen LogP contribution >= 0.6 is 0 Å². The molecule has 7 nitrogen and oxygen atoms in total.